The molecule has 0 aliphatic carbocycles. The van der Waals surface area contributed by atoms with Crippen LogP contribution in [-0.2, 0) is 0 Å². The van der Waals surface area contributed by atoms with E-state index in [2.05, 4.69) is 32.0 Å². The number of hydrogen-bond donors (Lipinski definition) is 0. The summed E-state index contributed by atoms with van der Waals surface area (Å²) < 4.78 is 0.912. The van der Waals surface area contributed by atoms with Crippen molar-refractivity contribution >= 4 is 50.0 Å². The van der Waals surface area contributed by atoms with Crippen molar-refractivity contribution in [2.75, 3.05) is 0 Å². The Balaban J connectivity index is 2.30. The minimum Gasteiger partial charge on any atom is -0.228 e. The molecule has 5 heteroatoms. The van der Waals surface area contributed by atoms with Crippen LogP contribution >= 0.6 is 39.1 Å². The van der Waals surface area contributed by atoms with Gasteiger partial charge >= 0.3 is 0 Å². The maximum Gasteiger partial charge on any atom is 0.163 e. The van der Waals surface area contributed by atoms with E-state index in [1.165, 1.54) is 0 Å². The smallest absolute Gasteiger partial charge is 0.163 e. The predicted octanol–water partition coefficient (Wildman–Crippen LogP) is 5.98. The van der Waals surface area contributed by atoms with Gasteiger partial charge in [-0.25, -0.2) is 9.97 Å². The number of benzene rings is 2. The van der Waals surface area contributed by atoms with Gasteiger partial charge < -0.3 is 0 Å². The van der Waals surface area contributed by atoms with Gasteiger partial charge in [-0.1, -0.05) is 50.8 Å². The Morgan fingerprint density at radius 2 is 1.76 bits per heavy atom. The van der Waals surface area contributed by atoms with Gasteiger partial charge in [0.1, 0.15) is 5.15 Å². The van der Waals surface area contributed by atoms with Crippen LogP contribution in [0.2, 0.25) is 10.2 Å². The van der Waals surface area contributed by atoms with Crippen molar-refractivity contribution in [3.8, 4) is 11.4 Å². The minimum absolute atomic E-state index is 0.445. The molecule has 0 fully saturated rings. The quantitative estimate of drug-likeness (QED) is 0.484. The fraction of sp³-hybridized carbons (Fsp3) is 0.125. The second-order valence-corrected chi connectivity index (χ2v) is 6.62. The van der Waals surface area contributed by atoms with E-state index >= 15 is 0 Å². The number of hydrogen-bond acceptors (Lipinski definition) is 2. The number of nitrogens with zero attached hydrogens (tertiary/aromatic N) is 2. The van der Waals surface area contributed by atoms with Gasteiger partial charge in [0.05, 0.1) is 10.5 Å². The highest BCUT2D eigenvalue weighted by molar-refractivity contribution is 9.10. The fourth-order valence-electron chi connectivity index (χ4n) is 2.34. The Kier molecular flexibility index (Phi) is 3.91. The zero-order valence-electron chi connectivity index (χ0n) is 11.4. The Morgan fingerprint density at radius 1 is 1.00 bits per heavy atom. The number of rotatable bonds is 1. The van der Waals surface area contributed by atoms with Crippen LogP contribution in [0.3, 0.4) is 0 Å². The lowest BCUT2D eigenvalue weighted by atomic mass is 10.1. The Bertz CT molecular complexity index is 863. The first-order chi connectivity index (χ1) is 9.95. The monoisotopic (exact) mass is 380 g/mol. The van der Waals surface area contributed by atoms with Gasteiger partial charge in [0.25, 0.3) is 0 Å². The van der Waals surface area contributed by atoms with E-state index < -0.39 is 0 Å². The van der Waals surface area contributed by atoms with Crippen LogP contribution in [-0.4, -0.2) is 9.97 Å². The van der Waals surface area contributed by atoms with E-state index in [0.717, 1.165) is 32.1 Å². The molecule has 0 bridgehead atoms. The summed E-state index contributed by atoms with van der Waals surface area (Å²) in [5.41, 5.74) is 3.84. The molecule has 3 aromatic rings. The van der Waals surface area contributed by atoms with E-state index in [9.17, 15) is 0 Å². The van der Waals surface area contributed by atoms with Crippen LogP contribution in [0.1, 0.15) is 11.1 Å². The molecular formula is C16H11BrCl2N2. The molecule has 1 heterocycles. The third kappa shape index (κ3) is 2.78. The summed E-state index contributed by atoms with van der Waals surface area (Å²) >= 11 is 16.0. The first-order valence-corrected chi connectivity index (χ1v) is 7.90. The average Bonchev–Trinajstić information content (AvgIpc) is 2.40. The van der Waals surface area contributed by atoms with Crippen molar-refractivity contribution in [1.29, 1.82) is 0 Å². The van der Waals surface area contributed by atoms with Gasteiger partial charge in [0, 0.05) is 15.4 Å². The van der Waals surface area contributed by atoms with Gasteiger partial charge in [0.15, 0.2) is 5.82 Å². The first kappa shape index (κ1) is 14.8. The summed E-state index contributed by atoms with van der Waals surface area (Å²) in [4.78, 5) is 9.04. The zero-order valence-corrected chi connectivity index (χ0v) is 14.5. The lowest BCUT2D eigenvalue weighted by Gasteiger charge is -2.09. The molecule has 0 unspecified atom stereocenters. The van der Waals surface area contributed by atoms with Crippen LogP contribution in [0.5, 0.6) is 0 Å². The highest BCUT2D eigenvalue weighted by atomic mass is 79.9. The topological polar surface area (TPSA) is 25.8 Å². The predicted molar refractivity (Wildman–Crippen MR) is 92.2 cm³/mol. The van der Waals surface area contributed by atoms with E-state index in [4.69, 9.17) is 23.2 Å². The molecule has 0 spiro atoms. The highest BCUT2D eigenvalue weighted by Crippen LogP contribution is 2.32. The molecule has 0 aliphatic rings. The molecule has 2 nitrogen and oxygen atoms in total. The normalized spacial score (nSPS) is 11.1. The average molecular weight is 382 g/mol. The number of aromatic nitrogens is 2. The fourth-order valence-corrected chi connectivity index (χ4v) is 3.32. The van der Waals surface area contributed by atoms with Crippen LogP contribution in [0.15, 0.2) is 34.8 Å². The van der Waals surface area contributed by atoms with E-state index in [1.807, 2.05) is 38.1 Å². The van der Waals surface area contributed by atoms with Crippen LogP contribution in [0.4, 0.5) is 0 Å². The molecule has 0 atom stereocenters. The largest absolute Gasteiger partial charge is 0.228 e. The van der Waals surface area contributed by atoms with Crippen LogP contribution in [0.25, 0.3) is 22.3 Å². The number of aryl methyl sites for hydroxylation is 2. The van der Waals surface area contributed by atoms with Gasteiger partial charge in [-0.15, -0.1) is 0 Å². The molecule has 0 N–H and O–H groups in total. The maximum atomic E-state index is 6.34. The SMILES string of the molecule is Cc1cc(C)c2nc(-c3ccc(Br)cc3Cl)nc(Cl)c2c1. The van der Waals surface area contributed by atoms with Gasteiger partial charge in [0.2, 0.25) is 0 Å². The maximum absolute atomic E-state index is 6.34. The summed E-state index contributed by atoms with van der Waals surface area (Å²) in [5, 5.41) is 1.90. The molecular weight excluding hydrogens is 371 g/mol. The second kappa shape index (κ2) is 5.56. The van der Waals surface area contributed by atoms with Crippen molar-refractivity contribution in [3.05, 3.63) is 56.1 Å². The Hall–Kier alpha value is -1.16. The standard InChI is InChI=1S/C16H11BrCl2N2/c1-8-5-9(2)14-12(6-8)15(19)21-16(20-14)11-4-3-10(17)7-13(11)18/h3-7H,1-2H3. The van der Waals surface area contributed by atoms with Crippen molar-refractivity contribution in [3.63, 3.8) is 0 Å². The summed E-state index contributed by atoms with van der Waals surface area (Å²) in [6.45, 7) is 4.05. The summed E-state index contributed by atoms with van der Waals surface area (Å²) in [5.74, 6) is 0.539. The molecule has 2 aromatic carbocycles. The van der Waals surface area contributed by atoms with E-state index in [0.29, 0.717) is 16.0 Å². The van der Waals surface area contributed by atoms with Crippen molar-refractivity contribution in [1.82, 2.24) is 9.97 Å². The summed E-state index contributed by atoms with van der Waals surface area (Å²) in [7, 11) is 0. The molecule has 0 saturated heterocycles. The molecule has 21 heavy (non-hydrogen) atoms. The van der Waals surface area contributed by atoms with Crippen LogP contribution in [0, 0.1) is 13.8 Å². The lowest BCUT2D eigenvalue weighted by Crippen LogP contribution is -1.95. The minimum atomic E-state index is 0.445. The molecule has 106 valence electrons. The van der Waals surface area contributed by atoms with Gasteiger partial charge in [-0.05, 0) is 43.7 Å². The lowest BCUT2D eigenvalue weighted by molar-refractivity contribution is 1.21. The number of halogens is 3. The zero-order chi connectivity index (χ0) is 15.1. The summed E-state index contributed by atoms with van der Waals surface area (Å²) in [6, 6.07) is 9.69. The molecule has 0 saturated carbocycles. The third-order valence-corrected chi connectivity index (χ3v) is 4.35. The molecule has 0 radical (unpaired) electrons. The van der Waals surface area contributed by atoms with E-state index in [-0.39, 0.29) is 0 Å². The molecule has 0 aliphatic heterocycles. The van der Waals surface area contributed by atoms with E-state index in [1.54, 1.807) is 0 Å². The molecule has 3 rings (SSSR count). The summed E-state index contributed by atoms with van der Waals surface area (Å²) in [6.07, 6.45) is 0. The Morgan fingerprint density at radius 3 is 2.48 bits per heavy atom. The van der Waals surface area contributed by atoms with Gasteiger partial charge in [-0.3, -0.25) is 0 Å². The van der Waals surface area contributed by atoms with Crippen molar-refractivity contribution in [2.45, 2.75) is 13.8 Å². The van der Waals surface area contributed by atoms with Crippen LogP contribution < -0.4 is 0 Å². The molecule has 0 amide bonds. The molecule has 1 aromatic heterocycles. The van der Waals surface area contributed by atoms with Crippen molar-refractivity contribution in [2.24, 2.45) is 0 Å². The van der Waals surface area contributed by atoms with Crippen molar-refractivity contribution < 1.29 is 0 Å². The second-order valence-electron chi connectivity index (χ2n) is 4.94. The Labute approximate surface area is 141 Å². The first-order valence-electron chi connectivity index (χ1n) is 6.35. The highest BCUT2D eigenvalue weighted by Gasteiger charge is 2.13. The van der Waals surface area contributed by atoms with Gasteiger partial charge in [-0.2, -0.15) is 0 Å². The third-order valence-electron chi connectivity index (χ3n) is 3.26. The number of fused-ring (bicyclic) bond motifs is 1.